The molecule has 2 rings (SSSR count). The maximum absolute atomic E-state index is 4.39. The smallest absolute Gasteiger partial charge is 0.0701 e. The van der Waals surface area contributed by atoms with Crippen molar-refractivity contribution in [2.45, 2.75) is 19.9 Å². The van der Waals surface area contributed by atoms with E-state index in [1.54, 1.807) is 0 Å². The zero-order valence-corrected chi connectivity index (χ0v) is 8.27. The number of hydrogen-bond donors (Lipinski definition) is 0. The summed E-state index contributed by atoms with van der Waals surface area (Å²) in [4.78, 5) is 0. The molecule has 0 saturated carbocycles. The summed E-state index contributed by atoms with van der Waals surface area (Å²) < 4.78 is 1.92. The second-order valence-corrected chi connectivity index (χ2v) is 3.26. The minimum Gasteiger partial charge on any atom is -0.267 e. The van der Waals surface area contributed by atoms with Gasteiger partial charge in [-0.1, -0.05) is 37.3 Å². The van der Waals surface area contributed by atoms with E-state index in [-0.39, 0.29) is 0 Å². The van der Waals surface area contributed by atoms with Crippen molar-refractivity contribution in [1.29, 1.82) is 0 Å². The molecule has 71 valence electrons. The van der Waals surface area contributed by atoms with E-state index >= 15 is 0 Å². The van der Waals surface area contributed by atoms with Crippen LogP contribution in [-0.2, 0) is 13.0 Å². The van der Waals surface area contributed by atoms with Crippen LogP contribution in [0, 0.1) is 6.07 Å². The first-order chi connectivity index (χ1) is 6.88. The molecule has 2 nitrogen and oxygen atoms in total. The van der Waals surface area contributed by atoms with Gasteiger partial charge < -0.3 is 0 Å². The summed E-state index contributed by atoms with van der Waals surface area (Å²) in [6.07, 6.45) is 2.85. The van der Waals surface area contributed by atoms with E-state index in [0.29, 0.717) is 0 Å². The Balaban J connectivity index is 2.11. The molecule has 1 aromatic carbocycles. The zero-order chi connectivity index (χ0) is 9.80. The summed E-state index contributed by atoms with van der Waals surface area (Å²) in [5, 5.41) is 4.39. The van der Waals surface area contributed by atoms with Crippen LogP contribution in [0.25, 0.3) is 0 Å². The van der Waals surface area contributed by atoms with Crippen molar-refractivity contribution in [1.82, 2.24) is 9.78 Å². The average molecular weight is 185 g/mol. The third-order valence-corrected chi connectivity index (χ3v) is 2.15. The number of aryl methyl sites for hydroxylation is 1. The molecule has 0 aliphatic heterocycles. The second-order valence-electron chi connectivity index (χ2n) is 3.26. The number of nitrogens with zero attached hydrogens (tertiary/aromatic N) is 2. The van der Waals surface area contributed by atoms with Crippen LogP contribution < -0.4 is 0 Å². The molecule has 0 bridgehead atoms. The van der Waals surface area contributed by atoms with Gasteiger partial charge in [-0.05, 0) is 12.0 Å². The molecule has 1 radical (unpaired) electrons. The lowest BCUT2D eigenvalue weighted by molar-refractivity contribution is 0.673. The van der Waals surface area contributed by atoms with E-state index in [0.717, 1.165) is 18.7 Å². The molecule has 1 aromatic heterocycles. The number of benzene rings is 1. The third kappa shape index (κ3) is 2.02. The molecule has 0 aliphatic carbocycles. The number of aromatic nitrogens is 2. The monoisotopic (exact) mass is 185 g/mol. The van der Waals surface area contributed by atoms with Crippen LogP contribution in [0.4, 0.5) is 0 Å². The predicted octanol–water partition coefficient (Wildman–Crippen LogP) is 2.29. The maximum Gasteiger partial charge on any atom is 0.0701 e. The van der Waals surface area contributed by atoms with Gasteiger partial charge in [-0.3, -0.25) is 4.68 Å². The Kier molecular flexibility index (Phi) is 2.63. The van der Waals surface area contributed by atoms with Crippen LogP contribution in [0.2, 0.25) is 0 Å². The Morgan fingerprint density at radius 3 is 2.71 bits per heavy atom. The number of rotatable bonds is 3. The summed E-state index contributed by atoms with van der Waals surface area (Å²) >= 11 is 0. The van der Waals surface area contributed by atoms with Gasteiger partial charge in [0.1, 0.15) is 0 Å². The molecule has 0 atom stereocenters. The molecule has 0 unspecified atom stereocenters. The van der Waals surface area contributed by atoms with E-state index in [1.807, 2.05) is 29.1 Å². The quantitative estimate of drug-likeness (QED) is 0.717. The first-order valence-corrected chi connectivity index (χ1v) is 4.86. The van der Waals surface area contributed by atoms with Crippen LogP contribution in [-0.4, -0.2) is 9.78 Å². The Hall–Kier alpha value is -1.57. The molecule has 0 aliphatic rings. The van der Waals surface area contributed by atoms with Crippen molar-refractivity contribution >= 4 is 0 Å². The highest BCUT2D eigenvalue weighted by molar-refractivity contribution is 5.15. The Labute approximate surface area is 84.2 Å². The molecule has 2 heteroatoms. The summed E-state index contributed by atoms with van der Waals surface area (Å²) in [5.41, 5.74) is 2.30. The van der Waals surface area contributed by atoms with Gasteiger partial charge in [0, 0.05) is 12.3 Å². The Morgan fingerprint density at radius 1 is 1.29 bits per heavy atom. The van der Waals surface area contributed by atoms with Gasteiger partial charge in [0.05, 0.1) is 12.2 Å². The van der Waals surface area contributed by atoms with Crippen LogP contribution >= 0.6 is 0 Å². The molecule has 0 N–H and O–H groups in total. The minimum atomic E-state index is 0.831. The molecular formula is C12H13N2. The largest absolute Gasteiger partial charge is 0.267 e. The summed E-state index contributed by atoms with van der Waals surface area (Å²) in [5.74, 6) is 0. The van der Waals surface area contributed by atoms with E-state index in [2.05, 4.69) is 30.2 Å². The fourth-order valence-corrected chi connectivity index (χ4v) is 1.39. The van der Waals surface area contributed by atoms with Gasteiger partial charge in [-0.15, -0.1) is 0 Å². The highest BCUT2D eigenvalue weighted by Gasteiger charge is 1.97. The van der Waals surface area contributed by atoms with Gasteiger partial charge in [0.15, 0.2) is 0 Å². The highest BCUT2D eigenvalue weighted by Crippen LogP contribution is 2.02. The summed E-state index contributed by atoms with van der Waals surface area (Å²) in [6, 6.07) is 13.5. The second kappa shape index (κ2) is 4.09. The van der Waals surface area contributed by atoms with Gasteiger partial charge in [-0.25, -0.2) is 0 Å². The van der Waals surface area contributed by atoms with Crippen LogP contribution in [0.1, 0.15) is 18.2 Å². The van der Waals surface area contributed by atoms with Gasteiger partial charge in [0.2, 0.25) is 0 Å². The average Bonchev–Trinajstić information content (AvgIpc) is 2.67. The maximum atomic E-state index is 4.39. The van der Waals surface area contributed by atoms with E-state index in [9.17, 15) is 0 Å². The van der Waals surface area contributed by atoms with Crippen LogP contribution in [0.5, 0.6) is 0 Å². The minimum absolute atomic E-state index is 0.831. The fourth-order valence-electron chi connectivity index (χ4n) is 1.39. The van der Waals surface area contributed by atoms with Crippen molar-refractivity contribution in [2.24, 2.45) is 0 Å². The first kappa shape index (κ1) is 9.00. The zero-order valence-electron chi connectivity index (χ0n) is 8.27. The molecule has 1 heterocycles. The lowest BCUT2D eigenvalue weighted by atomic mass is 10.2. The standard InChI is InChI=1S/C12H13N2/c1-2-12-8-9-14(13-12)10-11-6-4-3-5-7-11/h3-7,9H,2,10H2,1H3. The molecule has 0 amide bonds. The van der Waals surface area contributed by atoms with E-state index in [4.69, 9.17) is 0 Å². The Bertz CT molecular complexity index is 390. The summed E-state index contributed by atoms with van der Waals surface area (Å²) in [7, 11) is 0. The van der Waals surface area contributed by atoms with Crippen molar-refractivity contribution in [2.75, 3.05) is 0 Å². The third-order valence-electron chi connectivity index (χ3n) is 2.15. The van der Waals surface area contributed by atoms with E-state index in [1.165, 1.54) is 5.56 Å². The van der Waals surface area contributed by atoms with Crippen molar-refractivity contribution < 1.29 is 0 Å². The van der Waals surface area contributed by atoms with Crippen molar-refractivity contribution in [3.63, 3.8) is 0 Å². The van der Waals surface area contributed by atoms with Crippen LogP contribution in [0.15, 0.2) is 36.5 Å². The molecule has 0 spiro atoms. The normalized spacial score (nSPS) is 10.4. The molecule has 14 heavy (non-hydrogen) atoms. The van der Waals surface area contributed by atoms with E-state index < -0.39 is 0 Å². The SMILES string of the molecule is CCc1[c]cn(Cc2ccccc2)n1. The molecule has 0 fully saturated rings. The fraction of sp³-hybridized carbons (Fsp3) is 0.250. The van der Waals surface area contributed by atoms with Gasteiger partial charge >= 0.3 is 0 Å². The summed E-state index contributed by atoms with van der Waals surface area (Å²) in [6.45, 7) is 2.92. The van der Waals surface area contributed by atoms with Crippen molar-refractivity contribution in [3.8, 4) is 0 Å². The Morgan fingerprint density at radius 2 is 2.07 bits per heavy atom. The van der Waals surface area contributed by atoms with Crippen LogP contribution in [0.3, 0.4) is 0 Å². The lowest BCUT2D eigenvalue weighted by Gasteiger charge is -2.00. The number of hydrogen-bond acceptors (Lipinski definition) is 1. The molecule has 0 saturated heterocycles. The topological polar surface area (TPSA) is 17.8 Å². The van der Waals surface area contributed by atoms with Gasteiger partial charge in [0.25, 0.3) is 0 Å². The predicted molar refractivity (Wildman–Crippen MR) is 56.0 cm³/mol. The highest BCUT2D eigenvalue weighted by atomic mass is 15.3. The molecular weight excluding hydrogens is 172 g/mol. The van der Waals surface area contributed by atoms with Crippen molar-refractivity contribution in [3.05, 3.63) is 53.9 Å². The molecule has 2 aromatic rings. The van der Waals surface area contributed by atoms with Gasteiger partial charge in [-0.2, -0.15) is 5.10 Å². The first-order valence-electron chi connectivity index (χ1n) is 4.86. The lowest BCUT2D eigenvalue weighted by Crippen LogP contribution is -2.00.